The second-order valence-corrected chi connectivity index (χ2v) is 3.40. The number of aliphatic hydroxyl groups is 1. The lowest BCUT2D eigenvalue weighted by molar-refractivity contribution is 0.174. The highest BCUT2D eigenvalue weighted by molar-refractivity contribution is 5.13. The third-order valence-electron chi connectivity index (χ3n) is 2.61. The van der Waals surface area contributed by atoms with E-state index in [9.17, 15) is 5.11 Å². The number of hydrogen-bond donors (Lipinski definition) is 2. The summed E-state index contributed by atoms with van der Waals surface area (Å²) in [6, 6.07) is 1.99. The number of aliphatic hydroxyl groups excluding tert-OH is 1. The van der Waals surface area contributed by atoms with Gasteiger partial charge in [-0.15, -0.1) is 0 Å². The van der Waals surface area contributed by atoms with E-state index in [-0.39, 0.29) is 12.0 Å². The van der Waals surface area contributed by atoms with Gasteiger partial charge in [0.25, 0.3) is 0 Å². The molecule has 1 saturated heterocycles. The molecule has 0 spiro atoms. The van der Waals surface area contributed by atoms with Gasteiger partial charge in [0.1, 0.15) is 0 Å². The molecule has 0 radical (unpaired) electrons. The predicted octanol–water partition coefficient (Wildman–Crippen LogP) is -0.0493. The molecule has 0 bridgehead atoms. The maximum absolute atomic E-state index is 9.68. The van der Waals surface area contributed by atoms with Gasteiger partial charge >= 0.3 is 0 Å². The van der Waals surface area contributed by atoms with Gasteiger partial charge in [-0.3, -0.25) is 4.68 Å². The minimum Gasteiger partial charge on any atom is -0.391 e. The highest BCUT2D eigenvalue weighted by Crippen LogP contribution is 2.22. The Bertz CT molecular complexity index is 284. The molecule has 0 aliphatic carbocycles. The maximum Gasteiger partial charge on any atom is 0.0760 e. The second-order valence-electron chi connectivity index (χ2n) is 3.40. The van der Waals surface area contributed by atoms with Crippen LogP contribution in [0.4, 0.5) is 0 Å². The molecular weight excluding hydrogens is 166 g/mol. The molecule has 1 fully saturated rings. The summed E-state index contributed by atoms with van der Waals surface area (Å²) < 4.78 is 1.95. The van der Waals surface area contributed by atoms with Crippen LogP contribution in [0.15, 0.2) is 12.3 Å². The zero-order chi connectivity index (χ0) is 9.26. The Labute approximate surface area is 77.6 Å². The molecule has 2 rings (SSSR count). The molecule has 1 aliphatic heterocycles. The fourth-order valence-corrected chi connectivity index (χ4v) is 1.89. The molecule has 2 heterocycles. The molecule has 72 valence electrons. The molecule has 0 saturated carbocycles. The first kappa shape index (κ1) is 8.72. The zero-order valence-electron chi connectivity index (χ0n) is 7.77. The predicted molar refractivity (Wildman–Crippen MR) is 49.5 cm³/mol. The molecule has 1 aromatic rings. The van der Waals surface area contributed by atoms with Crippen molar-refractivity contribution in [3.63, 3.8) is 0 Å². The van der Waals surface area contributed by atoms with E-state index in [1.807, 2.05) is 10.7 Å². The van der Waals surface area contributed by atoms with Gasteiger partial charge in [-0.05, 0) is 13.0 Å². The Kier molecular flexibility index (Phi) is 2.33. The van der Waals surface area contributed by atoms with Crippen LogP contribution in [0.1, 0.15) is 18.5 Å². The molecule has 0 amide bonds. The average molecular weight is 181 g/mol. The first-order valence-corrected chi connectivity index (χ1v) is 4.73. The lowest BCUT2D eigenvalue weighted by Crippen LogP contribution is -2.19. The SMILES string of the molecule is CCn1nccc1[C@@H]1CNC[C@H]1O. The van der Waals surface area contributed by atoms with E-state index in [0.717, 1.165) is 18.8 Å². The van der Waals surface area contributed by atoms with E-state index in [1.54, 1.807) is 6.20 Å². The third-order valence-corrected chi connectivity index (χ3v) is 2.61. The van der Waals surface area contributed by atoms with Crippen LogP contribution in [-0.4, -0.2) is 34.1 Å². The number of nitrogens with one attached hydrogen (secondary N) is 1. The van der Waals surface area contributed by atoms with Crippen molar-refractivity contribution in [1.82, 2.24) is 15.1 Å². The highest BCUT2D eigenvalue weighted by Gasteiger charge is 2.28. The summed E-state index contributed by atoms with van der Waals surface area (Å²) in [4.78, 5) is 0. The normalized spacial score (nSPS) is 28.2. The van der Waals surface area contributed by atoms with Crippen LogP contribution < -0.4 is 5.32 Å². The van der Waals surface area contributed by atoms with Gasteiger partial charge < -0.3 is 10.4 Å². The van der Waals surface area contributed by atoms with Crippen molar-refractivity contribution >= 4 is 0 Å². The van der Waals surface area contributed by atoms with E-state index < -0.39 is 0 Å². The number of hydrogen-bond acceptors (Lipinski definition) is 3. The summed E-state index contributed by atoms with van der Waals surface area (Å²) in [6.45, 7) is 4.48. The molecule has 1 aromatic heterocycles. The van der Waals surface area contributed by atoms with Gasteiger partial charge in [0.05, 0.1) is 6.10 Å². The smallest absolute Gasteiger partial charge is 0.0760 e. The summed E-state index contributed by atoms with van der Waals surface area (Å²) in [7, 11) is 0. The summed E-state index contributed by atoms with van der Waals surface area (Å²) in [5.74, 6) is 0.211. The lowest BCUT2D eigenvalue weighted by atomic mass is 10.0. The van der Waals surface area contributed by atoms with Crippen LogP contribution in [-0.2, 0) is 6.54 Å². The molecular formula is C9H15N3O. The van der Waals surface area contributed by atoms with Crippen molar-refractivity contribution in [3.8, 4) is 0 Å². The standard InChI is InChI=1S/C9H15N3O/c1-2-12-8(3-4-11-12)7-5-10-6-9(7)13/h3-4,7,9-10,13H,2,5-6H2,1H3/t7-,9+/m0/s1. The van der Waals surface area contributed by atoms with Gasteiger partial charge in [0.15, 0.2) is 0 Å². The number of nitrogens with zero attached hydrogens (tertiary/aromatic N) is 2. The Hall–Kier alpha value is -0.870. The maximum atomic E-state index is 9.68. The fraction of sp³-hybridized carbons (Fsp3) is 0.667. The largest absolute Gasteiger partial charge is 0.391 e. The van der Waals surface area contributed by atoms with Gasteiger partial charge in [-0.1, -0.05) is 0 Å². The molecule has 0 aromatic carbocycles. The molecule has 4 heteroatoms. The van der Waals surface area contributed by atoms with Gasteiger partial charge in [-0.2, -0.15) is 5.10 Å². The quantitative estimate of drug-likeness (QED) is 0.672. The summed E-state index contributed by atoms with van der Waals surface area (Å²) >= 11 is 0. The van der Waals surface area contributed by atoms with Crippen molar-refractivity contribution < 1.29 is 5.11 Å². The molecule has 2 N–H and O–H groups in total. The van der Waals surface area contributed by atoms with E-state index in [4.69, 9.17) is 0 Å². The van der Waals surface area contributed by atoms with Crippen LogP contribution in [0.5, 0.6) is 0 Å². The van der Waals surface area contributed by atoms with Crippen molar-refractivity contribution in [2.45, 2.75) is 25.5 Å². The number of aryl methyl sites for hydroxylation is 1. The average Bonchev–Trinajstić information content (AvgIpc) is 2.71. The third kappa shape index (κ3) is 1.47. The monoisotopic (exact) mass is 181 g/mol. The van der Waals surface area contributed by atoms with E-state index in [0.29, 0.717) is 6.54 Å². The second kappa shape index (κ2) is 3.47. The Morgan fingerprint density at radius 3 is 3.15 bits per heavy atom. The van der Waals surface area contributed by atoms with E-state index in [2.05, 4.69) is 17.3 Å². The molecule has 1 aliphatic rings. The summed E-state index contributed by atoms with van der Waals surface area (Å²) in [6.07, 6.45) is 1.53. The van der Waals surface area contributed by atoms with Crippen LogP contribution in [0.2, 0.25) is 0 Å². The lowest BCUT2D eigenvalue weighted by Gasteiger charge is -2.14. The molecule has 0 unspecified atom stereocenters. The highest BCUT2D eigenvalue weighted by atomic mass is 16.3. The minimum atomic E-state index is -0.262. The number of aromatic nitrogens is 2. The van der Waals surface area contributed by atoms with E-state index >= 15 is 0 Å². The number of rotatable bonds is 2. The van der Waals surface area contributed by atoms with E-state index in [1.165, 1.54) is 0 Å². The van der Waals surface area contributed by atoms with Crippen LogP contribution in [0.3, 0.4) is 0 Å². The van der Waals surface area contributed by atoms with Crippen molar-refractivity contribution in [2.75, 3.05) is 13.1 Å². The zero-order valence-corrected chi connectivity index (χ0v) is 7.77. The Morgan fingerprint density at radius 1 is 1.69 bits per heavy atom. The fourth-order valence-electron chi connectivity index (χ4n) is 1.89. The molecule has 13 heavy (non-hydrogen) atoms. The summed E-state index contributed by atoms with van der Waals surface area (Å²) in [5.41, 5.74) is 1.14. The van der Waals surface area contributed by atoms with Gasteiger partial charge in [-0.25, -0.2) is 0 Å². The van der Waals surface area contributed by atoms with Crippen LogP contribution in [0, 0.1) is 0 Å². The van der Waals surface area contributed by atoms with Gasteiger partial charge in [0, 0.05) is 37.4 Å². The van der Waals surface area contributed by atoms with Gasteiger partial charge in [0.2, 0.25) is 0 Å². The molecule has 4 nitrogen and oxygen atoms in total. The molecule has 2 atom stereocenters. The summed E-state index contributed by atoms with van der Waals surface area (Å²) in [5, 5.41) is 17.0. The van der Waals surface area contributed by atoms with Crippen LogP contribution >= 0.6 is 0 Å². The minimum absolute atomic E-state index is 0.211. The van der Waals surface area contributed by atoms with Crippen molar-refractivity contribution in [1.29, 1.82) is 0 Å². The first-order valence-electron chi connectivity index (χ1n) is 4.73. The van der Waals surface area contributed by atoms with Crippen molar-refractivity contribution in [2.24, 2.45) is 0 Å². The Balaban J connectivity index is 2.23. The van der Waals surface area contributed by atoms with Crippen molar-refractivity contribution in [3.05, 3.63) is 18.0 Å². The first-order chi connectivity index (χ1) is 6.33. The van der Waals surface area contributed by atoms with Crippen LogP contribution in [0.25, 0.3) is 0 Å². The Morgan fingerprint density at radius 2 is 2.54 bits per heavy atom. The number of β-amino-alcohol motifs (C(OH)–C–C–N with tert-alkyl or cyclic N) is 1. The topological polar surface area (TPSA) is 50.1 Å².